The molecule has 194 valence electrons. The molecule has 0 unspecified atom stereocenters. The first kappa shape index (κ1) is 24.3. The van der Waals surface area contributed by atoms with Crippen LogP contribution >= 0.6 is 0 Å². The number of aliphatic hydroxyl groups excluding tert-OH is 1. The summed E-state index contributed by atoms with van der Waals surface area (Å²) in [6.07, 6.45) is 5.00. The molecule has 0 radical (unpaired) electrons. The quantitative estimate of drug-likeness (QED) is 0.304. The van der Waals surface area contributed by atoms with Crippen LogP contribution < -0.4 is 10.2 Å². The van der Waals surface area contributed by atoms with Crippen molar-refractivity contribution in [2.24, 2.45) is 0 Å². The molecule has 38 heavy (non-hydrogen) atoms. The lowest BCUT2D eigenvalue weighted by Gasteiger charge is -2.34. The van der Waals surface area contributed by atoms with Gasteiger partial charge in [0.2, 0.25) is 11.9 Å². The van der Waals surface area contributed by atoms with Crippen molar-refractivity contribution in [3.63, 3.8) is 0 Å². The lowest BCUT2D eigenvalue weighted by Crippen LogP contribution is -2.43. The summed E-state index contributed by atoms with van der Waals surface area (Å²) in [7, 11) is 0. The monoisotopic (exact) mass is 507 g/mol. The average molecular weight is 508 g/mol. The third-order valence-electron chi connectivity index (χ3n) is 7.43. The second-order valence-corrected chi connectivity index (χ2v) is 10.3. The standard InChI is InChI=1S/C30H33N7O/c1-20(2)25-18-32-37-28(25)34-30(36-16-8-7-11-23(36)19-38)35-29(37)31-17-22-10-3-5-12-24(22)27-15-14-21-9-4-6-13-26(21)33-27/h3-6,9-10,12-15,18,20,23,38H,7-8,11,16-17,19H2,1-2H3,(H,31,34,35)/t23-/m0/s1. The van der Waals surface area contributed by atoms with E-state index < -0.39 is 0 Å². The van der Waals surface area contributed by atoms with Gasteiger partial charge < -0.3 is 15.3 Å². The van der Waals surface area contributed by atoms with Gasteiger partial charge in [0.15, 0.2) is 5.65 Å². The first-order valence-corrected chi connectivity index (χ1v) is 13.4. The van der Waals surface area contributed by atoms with E-state index in [1.165, 1.54) is 0 Å². The molecule has 1 aliphatic rings. The van der Waals surface area contributed by atoms with Crippen LogP contribution in [-0.4, -0.2) is 48.9 Å². The second kappa shape index (κ2) is 10.4. The number of hydrogen-bond donors (Lipinski definition) is 2. The number of aromatic nitrogens is 5. The highest BCUT2D eigenvalue weighted by Crippen LogP contribution is 2.28. The zero-order valence-electron chi connectivity index (χ0n) is 21.9. The molecule has 1 atom stereocenters. The molecule has 4 heterocycles. The van der Waals surface area contributed by atoms with Gasteiger partial charge in [-0.1, -0.05) is 62.4 Å². The number of piperidine rings is 1. The van der Waals surface area contributed by atoms with E-state index in [1.807, 2.05) is 36.5 Å². The summed E-state index contributed by atoms with van der Waals surface area (Å²) < 4.78 is 1.80. The number of nitrogens with one attached hydrogen (secondary N) is 1. The SMILES string of the molecule is CC(C)c1cnn2c(NCc3ccccc3-c3ccc4ccccc4n3)nc(N3CCCC[C@H]3CO)nc12. The number of fused-ring (bicyclic) bond motifs is 2. The number of para-hydroxylation sites is 1. The van der Waals surface area contributed by atoms with Gasteiger partial charge >= 0.3 is 0 Å². The molecule has 2 N–H and O–H groups in total. The van der Waals surface area contributed by atoms with Crippen LogP contribution in [0.3, 0.4) is 0 Å². The number of anilines is 2. The molecule has 6 rings (SSSR count). The van der Waals surface area contributed by atoms with Crippen molar-refractivity contribution in [3.05, 3.63) is 78.0 Å². The van der Waals surface area contributed by atoms with Crippen LogP contribution in [0.5, 0.6) is 0 Å². The van der Waals surface area contributed by atoms with Crippen LogP contribution in [0.25, 0.3) is 27.8 Å². The van der Waals surface area contributed by atoms with Gasteiger partial charge in [-0.05, 0) is 42.9 Å². The molecule has 1 aliphatic heterocycles. The molecule has 0 bridgehead atoms. The minimum absolute atomic E-state index is 0.0316. The molecule has 2 aromatic carbocycles. The van der Waals surface area contributed by atoms with Crippen LogP contribution in [0.15, 0.2) is 66.9 Å². The maximum absolute atomic E-state index is 10.0. The van der Waals surface area contributed by atoms with E-state index in [0.717, 1.165) is 64.7 Å². The van der Waals surface area contributed by atoms with Gasteiger partial charge in [-0.15, -0.1) is 0 Å². The van der Waals surface area contributed by atoms with Crippen LogP contribution in [0, 0.1) is 0 Å². The molecule has 1 fully saturated rings. The molecule has 0 amide bonds. The summed E-state index contributed by atoms with van der Waals surface area (Å²) in [6.45, 7) is 5.78. The van der Waals surface area contributed by atoms with Crippen molar-refractivity contribution in [2.45, 2.75) is 51.6 Å². The summed E-state index contributed by atoms with van der Waals surface area (Å²) >= 11 is 0. The molecular weight excluding hydrogens is 474 g/mol. The Morgan fingerprint density at radius 3 is 2.68 bits per heavy atom. The Hall–Kier alpha value is -4.04. The number of aliphatic hydroxyl groups is 1. The summed E-state index contributed by atoms with van der Waals surface area (Å²) in [5.74, 6) is 1.56. The first-order valence-electron chi connectivity index (χ1n) is 13.4. The van der Waals surface area contributed by atoms with Gasteiger partial charge in [-0.3, -0.25) is 0 Å². The normalized spacial score (nSPS) is 16.0. The molecular formula is C30H33N7O. The van der Waals surface area contributed by atoms with Crippen LogP contribution in [-0.2, 0) is 6.54 Å². The molecule has 3 aromatic heterocycles. The van der Waals surface area contributed by atoms with E-state index in [0.29, 0.717) is 18.4 Å². The fourth-order valence-corrected chi connectivity index (χ4v) is 5.30. The Labute approximate surface area is 222 Å². The van der Waals surface area contributed by atoms with Crippen molar-refractivity contribution < 1.29 is 5.11 Å². The Morgan fingerprint density at radius 2 is 1.82 bits per heavy atom. The second-order valence-electron chi connectivity index (χ2n) is 10.3. The van der Waals surface area contributed by atoms with E-state index in [2.05, 4.69) is 59.5 Å². The van der Waals surface area contributed by atoms with Gasteiger partial charge in [0.1, 0.15) is 0 Å². The minimum atomic E-state index is 0.0316. The molecule has 1 saturated heterocycles. The predicted molar refractivity (Wildman–Crippen MR) is 151 cm³/mol. The Kier molecular flexibility index (Phi) is 6.64. The lowest BCUT2D eigenvalue weighted by atomic mass is 10.0. The van der Waals surface area contributed by atoms with Crippen molar-refractivity contribution in [1.82, 2.24) is 24.6 Å². The molecule has 0 saturated carbocycles. The van der Waals surface area contributed by atoms with Crippen LogP contribution in [0.2, 0.25) is 0 Å². The number of rotatable bonds is 7. The van der Waals surface area contributed by atoms with E-state index in [9.17, 15) is 5.11 Å². The summed E-state index contributed by atoms with van der Waals surface area (Å²) in [5, 5.41) is 19.3. The number of pyridine rings is 1. The highest BCUT2D eigenvalue weighted by molar-refractivity contribution is 5.82. The van der Waals surface area contributed by atoms with Gasteiger partial charge in [0.05, 0.1) is 30.1 Å². The van der Waals surface area contributed by atoms with Gasteiger partial charge in [0, 0.05) is 29.6 Å². The average Bonchev–Trinajstić information content (AvgIpc) is 3.40. The third-order valence-corrected chi connectivity index (χ3v) is 7.43. The highest BCUT2D eigenvalue weighted by Gasteiger charge is 2.26. The van der Waals surface area contributed by atoms with Crippen molar-refractivity contribution in [1.29, 1.82) is 0 Å². The highest BCUT2D eigenvalue weighted by atomic mass is 16.3. The Bertz CT molecular complexity index is 1580. The van der Waals surface area contributed by atoms with Crippen LogP contribution in [0.1, 0.15) is 50.2 Å². The van der Waals surface area contributed by atoms with Crippen molar-refractivity contribution in [2.75, 3.05) is 23.4 Å². The topological polar surface area (TPSA) is 91.5 Å². The predicted octanol–water partition coefficient (Wildman–Crippen LogP) is 5.43. The van der Waals surface area contributed by atoms with Crippen molar-refractivity contribution >= 4 is 28.4 Å². The number of benzene rings is 2. The van der Waals surface area contributed by atoms with Crippen molar-refractivity contribution in [3.8, 4) is 11.3 Å². The zero-order chi connectivity index (χ0) is 26.1. The first-order chi connectivity index (χ1) is 18.6. The van der Waals surface area contributed by atoms with Gasteiger partial charge in [0.25, 0.3) is 0 Å². The number of hydrogen-bond acceptors (Lipinski definition) is 7. The summed E-state index contributed by atoms with van der Waals surface area (Å²) in [4.78, 5) is 17.0. The number of nitrogens with zero attached hydrogens (tertiary/aromatic N) is 6. The lowest BCUT2D eigenvalue weighted by molar-refractivity contribution is 0.239. The van der Waals surface area contributed by atoms with E-state index in [-0.39, 0.29) is 18.6 Å². The fourth-order valence-electron chi connectivity index (χ4n) is 5.30. The van der Waals surface area contributed by atoms with Gasteiger partial charge in [-0.2, -0.15) is 19.6 Å². The largest absolute Gasteiger partial charge is 0.394 e. The molecule has 0 spiro atoms. The Balaban J connectivity index is 1.37. The maximum atomic E-state index is 10.0. The van der Waals surface area contributed by atoms with Crippen LogP contribution in [0.4, 0.5) is 11.9 Å². The minimum Gasteiger partial charge on any atom is -0.394 e. The maximum Gasteiger partial charge on any atom is 0.231 e. The molecule has 8 nitrogen and oxygen atoms in total. The van der Waals surface area contributed by atoms with E-state index in [4.69, 9.17) is 15.0 Å². The third kappa shape index (κ3) is 4.56. The zero-order valence-corrected chi connectivity index (χ0v) is 21.9. The van der Waals surface area contributed by atoms with E-state index >= 15 is 0 Å². The molecule has 8 heteroatoms. The fraction of sp³-hybridized carbons (Fsp3) is 0.333. The van der Waals surface area contributed by atoms with Gasteiger partial charge in [-0.25, -0.2) is 4.98 Å². The molecule has 5 aromatic rings. The summed E-state index contributed by atoms with van der Waals surface area (Å²) in [6, 6.07) is 20.7. The summed E-state index contributed by atoms with van der Waals surface area (Å²) in [5.41, 5.74) is 6.00. The Morgan fingerprint density at radius 1 is 0.974 bits per heavy atom. The molecule has 0 aliphatic carbocycles. The smallest absolute Gasteiger partial charge is 0.231 e. The van der Waals surface area contributed by atoms with E-state index in [1.54, 1.807) is 4.52 Å².